The molecule has 34 heavy (non-hydrogen) atoms. The van der Waals surface area contributed by atoms with Crippen LogP contribution in [0.15, 0.2) is 66.9 Å². The number of benzene rings is 2. The van der Waals surface area contributed by atoms with Gasteiger partial charge in [-0.1, -0.05) is 54.1 Å². The summed E-state index contributed by atoms with van der Waals surface area (Å²) in [6.07, 6.45) is -1.10. The predicted molar refractivity (Wildman–Crippen MR) is 118 cm³/mol. The lowest BCUT2D eigenvalue weighted by Crippen LogP contribution is -2.53. The summed E-state index contributed by atoms with van der Waals surface area (Å²) in [6.45, 7) is 0. The molecule has 7 nitrogen and oxygen atoms in total. The molecule has 1 fully saturated rings. The summed E-state index contributed by atoms with van der Waals surface area (Å²) in [4.78, 5) is 17.1. The molecule has 5 atom stereocenters. The van der Waals surface area contributed by atoms with Crippen molar-refractivity contribution >= 4 is 17.6 Å². The molecule has 1 aliphatic carbocycles. The summed E-state index contributed by atoms with van der Waals surface area (Å²) < 4.78 is 28.1. The van der Waals surface area contributed by atoms with E-state index in [9.17, 15) is 20.3 Å². The highest BCUT2D eigenvalue weighted by Crippen LogP contribution is 2.70. The number of ether oxygens (including phenoxy) is 2. The second-order valence-electron chi connectivity index (χ2n) is 8.30. The summed E-state index contributed by atoms with van der Waals surface area (Å²) in [7, 11) is 0.998. The third-order valence-corrected chi connectivity index (χ3v) is 6.92. The minimum absolute atomic E-state index is 0.0336. The number of alkyl halides is 1. The molecule has 0 spiro atoms. The van der Waals surface area contributed by atoms with Crippen molar-refractivity contribution in [1.82, 2.24) is 4.98 Å². The molecule has 1 aliphatic heterocycles. The SMILES string of the molecule is COC(=O)[C@]1(F)[C@@H](O)[C@@]2(O)c3ncc(Cl)cc3O[C@@]2(c2ccc(C#N)cc2)[C@@H]1c1ccccc1. The van der Waals surface area contributed by atoms with Gasteiger partial charge >= 0.3 is 5.97 Å². The first-order chi connectivity index (χ1) is 16.2. The molecule has 172 valence electrons. The topological polar surface area (TPSA) is 113 Å². The van der Waals surface area contributed by atoms with E-state index < -0.39 is 34.9 Å². The van der Waals surface area contributed by atoms with E-state index >= 15 is 4.39 Å². The Morgan fingerprint density at radius 3 is 2.53 bits per heavy atom. The summed E-state index contributed by atoms with van der Waals surface area (Å²) in [5.74, 6) is -2.91. The average Bonchev–Trinajstić information content (AvgIpc) is 3.20. The van der Waals surface area contributed by atoms with E-state index in [-0.39, 0.29) is 27.6 Å². The van der Waals surface area contributed by atoms with Gasteiger partial charge in [-0.05, 0) is 23.3 Å². The van der Waals surface area contributed by atoms with Crippen LogP contribution in [0.5, 0.6) is 5.75 Å². The molecule has 0 bridgehead atoms. The Bertz CT molecular complexity index is 1330. The monoisotopic (exact) mass is 480 g/mol. The van der Waals surface area contributed by atoms with Gasteiger partial charge in [0.2, 0.25) is 5.67 Å². The zero-order valence-corrected chi connectivity index (χ0v) is 18.5. The number of nitriles is 1. The van der Waals surface area contributed by atoms with Crippen LogP contribution in [0.25, 0.3) is 0 Å². The molecule has 0 radical (unpaired) electrons. The molecule has 2 heterocycles. The number of halogens is 2. The third kappa shape index (κ3) is 2.57. The number of pyridine rings is 1. The molecule has 1 aromatic heterocycles. The molecule has 0 saturated heterocycles. The molecule has 3 aromatic rings. The highest BCUT2D eigenvalue weighted by molar-refractivity contribution is 6.30. The van der Waals surface area contributed by atoms with Gasteiger partial charge in [0.1, 0.15) is 17.5 Å². The second kappa shape index (κ2) is 7.50. The Hall–Kier alpha value is -3.51. The van der Waals surface area contributed by atoms with Crippen molar-refractivity contribution in [1.29, 1.82) is 5.26 Å². The molecule has 5 rings (SSSR count). The number of rotatable bonds is 3. The quantitative estimate of drug-likeness (QED) is 0.554. The van der Waals surface area contributed by atoms with Crippen molar-refractivity contribution in [3.8, 4) is 11.8 Å². The van der Waals surface area contributed by atoms with Crippen LogP contribution in [0.4, 0.5) is 4.39 Å². The van der Waals surface area contributed by atoms with Crippen LogP contribution >= 0.6 is 11.6 Å². The highest BCUT2D eigenvalue weighted by atomic mass is 35.5. The Kier molecular flexibility index (Phi) is 4.92. The van der Waals surface area contributed by atoms with Crippen LogP contribution in [0.3, 0.4) is 0 Å². The highest BCUT2D eigenvalue weighted by Gasteiger charge is 2.85. The van der Waals surface area contributed by atoms with Crippen molar-refractivity contribution in [3.05, 3.63) is 94.3 Å². The number of aromatic nitrogens is 1. The Balaban J connectivity index is 1.91. The van der Waals surface area contributed by atoms with E-state index in [1.807, 2.05) is 6.07 Å². The maximum Gasteiger partial charge on any atom is 0.347 e. The van der Waals surface area contributed by atoms with E-state index in [0.29, 0.717) is 5.56 Å². The number of methoxy groups -OCH3 is 1. The molecule has 2 N–H and O–H groups in total. The van der Waals surface area contributed by atoms with Crippen molar-refractivity contribution in [2.45, 2.75) is 28.9 Å². The molecule has 2 aliphatic rings. The molecule has 9 heteroatoms. The molecular weight excluding hydrogens is 463 g/mol. The zero-order valence-electron chi connectivity index (χ0n) is 17.8. The van der Waals surface area contributed by atoms with Gasteiger partial charge in [-0.15, -0.1) is 0 Å². The van der Waals surface area contributed by atoms with Crippen molar-refractivity contribution in [2.24, 2.45) is 0 Å². The van der Waals surface area contributed by atoms with Crippen molar-refractivity contribution in [3.63, 3.8) is 0 Å². The number of aliphatic hydroxyl groups excluding tert-OH is 1. The van der Waals surface area contributed by atoms with Gasteiger partial charge in [-0.25, -0.2) is 9.18 Å². The van der Waals surface area contributed by atoms with E-state index in [4.69, 9.17) is 21.1 Å². The molecule has 0 unspecified atom stereocenters. The lowest BCUT2D eigenvalue weighted by molar-refractivity contribution is -0.176. The number of esters is 1. The lowest BCUT2D eigenvalue weighted by atomic mass is 9.71. The Labute approximate surface area is 199 Å². The van der Waals surface area contributed by atoms with Gasteiger partial charge in [-0.2, -0.15) is 5.26 Å². The average molecular weight is 481 g/mol. The van der Waals surface area contributed by atoms with Gasteiger partial charge in [0.25, 0.3) is 0 Å². The predicted octanol–water partition coefficient (Wildman–Crippen LogP) is 3.12. The fraction of sp³-hybridized carbons (Fsp3) is 0.240. The van der Waals surface area contributed by atoms with Crippen LogP contribution < -0.4 is 4.74 Å². The van der Waals surface area contributed by atoms with E-state index in [0.717, 1.165) is 7.11 Å². The third-order valence-electron chi connectivity index (χ3n) is 6.71. The number of nitrogens with zero attached hydrogens (tertiary/aromatic N) is 2. The van der Waals surface area contributed by atoms with Crippen molar-refractivity contribution < 1.29 is 28.9 Å². The summed E-state index contributed by atoms with van der Waals surface area (Å²) in [5.41, 5.74) is -7.08. The normalized spacial score (nSPS) is 31.2. The fourth-order valence-electron chi connectivity index (χ4n) is 5.33. The number of hydrogen-bond donors (Lipinski definition) is 2. The van der Waals surface area contributed by atoms with Crippen LogP contribution in [-0.2, 0) is 20.7 Å². The summed E-state index contributed by atoms with van der Waals surface area (Å²) >= 11 is 6.10. The molecule has 0 amide bonds. The van der Waals surface area contributed by atoms with Crippen LogP contribution in [0.2, 0.25) is 5.02 Å². The van der Waals surface area contributed by atoms with Crippen LogP contribution in [0.1, 0.15) is 28.3 Å². The second-order valence-corrected chi connectivity index (χ2v) is 8.74. The van der Waals surface area contributed by atoms with Gasteiger partial charge in [0, 0.05) is 12.3 Å². The minimum Gasteiger partial charge on any atom is -0.476 e. The molecule has 1 saturated carbocycles. The standard InChI is InChI=1S/C25H18ClFN2O5/c1-33-22(31)23(27)19(15-5-3-2-4-6-15)25(16-9-7-14(12-28)8-10-16)24(32,21(23)30)20-18(34-25)11-17(26)13-29-20/h2-11,13,19,21,30,32H,1H3/t19-,21-,23-,24+,25+/m1/s1. The molecule has 2 aromatic carbocycles. The largest absolute Gasteiger partial charge is 0.476 e. The van der Waals surface area contributed by atoms with Crippen molar-refractivity contribution in [2.75, 3.05) is 7.11 Å². The maximum absolute atomic E-state index is 17.0. The number of carbonyl (C=O) groups excluding carboxylic acids is 1. The lowest BCUT2D eigenvalue weighted by Gasteiger charge is -2.40. The summed E-state index contributed by atoms with van der Waals surface area (Å²) in [6, 6.07) is 17.5. The maximum atomic E-state index is 17.0. The van der Waals surface area contributed by atoms with Gasteiger partial charge in [-0.3, -0.25) is 4.98 Å². The first-order valence-electron chi connectivity index (χ1n) is 10.3. The van der Waals surface area contributed by atoms with Gasteiger partial charge in [0.05, 0.1) is 29.7 Å². The van der Waals surface area contributed by atoms with Gasteiger partial charge < -0.3 is 19.7 Å². The fourth-order valence-corrected chi connectivity index (χ4v) is 5.48. The van der Waals surface area contributed by atoms with Crippen LogP contribution in [-0.4, -0.2) is 40.0 Å². The van der Waals surface area contributed by atoms with Gasteiger partial charge in [0.15, 0.2) is 11.2 Å². The van der Waals surface area contributed by atoms with Crippen LogP contribution in [0, 0.1) is 11.3 Å². The number of hydrogen-bond acceptors (Lipinski definition) is 7. The first-order valence-corrected chi connectivity index (χ1v) is 10.7. The minimum atomic E-state index is -3.13. The Morgan fingerprint density at radius 1 is 1.24 bits per heavy atom. The zero-order chi connectivity index (χ0) is 24.3. The van der Waals surface area contributed by atoms with E-state index in [1.54, 1.807) is 30.3 Å². The first kappa shape index (κ1) is 22.3. The number of aliphatic hydroxyl groups is 2. The Morgan fingerprint density at radius 2 is 1.91 bits per heavy atom. The molecular formula is C25H18ClFN2O5. The number of fused-ring (bicyclic) bond motifs is 3. The number of carbonyl (C=O) groups is 1. The smallest absolute Gasteiger partial charge is 0.347 e. The summed E-state index contributed by atoms with van der Waals surface area (Å²) in [5, 5.41) is 33.1. The van der Waals surface area contributed by atoms with E-state index in [2.05, 4.69) is 4.98 Å². The van der Waals surface area contributed by atoms with E-state index in [1.165, 1.54) is 36.5 Å².